The number of piperidine rings is 1. The second-order valence-corrected chi connectivity index (χ2v) is 7.53. The van der Waals surface area contributed by atoms with Crippen LogP contribution in [0.3, 0.4) is 0 Å². The van der Waals surface area contributed by atoms with Gasteiger partial charge < -0.3 is 4.42 Å². The van der Waals surface area contributed by atoms with Crippen LogP contribution < -0.4 is 0 Å². The molecule has 1 fully saturated rings. The molecule has 2 aromatic heterocycles. The van der Waals surface area contributed by atoms with Crippen LogP contribution in [0.1, 0.15) is 38.2 Å². The predicted molar refractivity (Wildman–Crippen MR) is 109 cm³/mol. The van der Waals surface area contributed by atoms with Crippen LogP contribution >= 0.6 is 12.2 Å². The third kappa shape index (κ3) is 3.92. The number of furan rings is 1. The van der Waals surface area contributed by atoms with E-state index in [1.807, 2.05) is 22.9 Å². The van der Waals surface area contributed by atoms with E-state index < -0.39 is 0 Å². The molecule has 0 N–H and O–H groups in total. The maximum atomic E-state index is 5.82. The summed E-state index contributed by atoms with van der Waals surface area (Å²) in [7, 11) is 0. The van der Waals surface area contributed by atoms with E-state index in [-0.39, 0.29) is 0 Å². The molecule has 1 aliphatic heterocycles. The molecule has 0 aliphatic carbocycles. The third-order valence-electron chi connectivity index (χ3n) is 5.38. The fourth-order valence-electron chi connectivity index (χ4n) is 3.91. The first-order valence-corrected chi connectivity index (χ1v) is 10.2. The molecule has 5 nitrogen and oxygen atoms in total. The first-order chi connectivity index (χ1) is 13.3. The highest BCUT2D eigenvalue weighted by Gasteiger charge is 2.23. The first-order valence-electron chi connectivity index (χ1n) is 9.75. The highest BCUT2D eigenvalue weighted by atomic mass is 32.1. The summed E-state index contributed by atoms with van der Waals surface area (Å²) in [5, 5.41) is 4.85. The molecule has 142 valence electrons. The molecule has 4 rings (SSSR count). The highest BCUT2D eigenvalue weighted by Crippen LogP contribution is 2.23. The van der Waals surface area contributed by atoms with Crippen molar-refractivity contribution >= 4 is 12.2 Å². The van der Waals surface area contributed by atoms with Crippen LogP contribution in [0.4, 0.5) is 0 Å². The molecule has 0 bridgehead atoms. The normalized spacial score (nSPS) is 18.0. The zero-order valence-corrected chi connectivity index (χ0v) is 16.6. The minimum atomic E-state index is 0.618. The molecule has 1 aromatic carbocycles. The Kier molecular flexibility index (Phi) is 5.55. The van der Waals surface area contributed by atoms with Crippen LogP contribution in [0.25, 0.3) is 11.6 Å². The van der Waals surface area contributed by atoms with E-state index in [0.29, 0.717) is 12.6 Å². The van der Waals surface area contributed by atoms with Crippen LogP contribution in [0, 0.1) is 4.77 Å². The highest BCUT2D eigenvalue weighted by molar-refractivity contribution is 7.71. The van der Waals surface area contributed by atoms with Crippen molar-refractivity contribution in [3.05, 3.63) is 59.1 Å². The van der Waals surface area contributed by atoms with Crippen molar-refractivity contribution in [2.75, 3.05) is 6.54 Å². The van der Waals surface area contributed by atoms with E-state index in [4.69, 9.17) is 21.7 Å². The van der Waals surface area contributed by atoms with Crippen LogP contribution in [0.2, 0.25) is 0 Å². The average Bonchev–Trinajstić information content (AvgIpc) is 3.33. The molecule has 1 atom stereocenters. The van der Waals surface area contributed by atoms with Crippen molar-refractivity contribution in [1.29, 1.82) is 0 Å². The Bertz CT molecular complexity index is 914. The summed E-state index contributed by atoms with van der Waals surface area (Å²) in [6.45, 7) is 4.81. The molecular formula is C21H26N4OS. The maximum Gasteiger partial charge on any atom is 0.199 e. The van der Waals surface area contributed by atoms with E-state index in [1.165, 1.54) is 31.2 Å². The zero-order chi connectivity index (χ0) is 18.6. The van der Waals surface area contributed by atoms with Crippen LogP contribution in [0.15, 0.2) is 53.1 Å². The Balaban J connectivity index is 1.68. The summed E-state index contributed by atoms with van der Waals surface area (Å²) in [4.78, 5) is 2.52. The summed E-state index contributed by atoms with van der Waals surface area (Å²) >= 11 is 5.82. The quantitative estimate of drug-likeness (QED) is 0.566. The van der Waals surface area contributed by atoms with Crippen molar-refractivity contribution in [2.24, 2.45) is 0 Å². The summed E-state index contributed by atoms with van der Waals surface area (Å²) in [5.41, 5.74) is 1.20. The van der Waals surface area contributed by atoms with E-state index in [9.17, 15) is 0 Å². The minimum absolute atomic E-state index is 0.618. The smallest absolute Gasteiger partial charge is 0.199 e. The second kappa shape index (κ2) is 8.23. The second-order valence-electron chi connectivity index (χ2n) is 7.17. The SMILES string of the molecule is CC[C@@H]1CCCCN1Cn1nc(-c2ccco2)n(Cc2ccccc2)c1=S. The number of likely N-dealkylation sites (tertiary alicyclic amines) is 1. The van der Waals surface area contributed by atoms with Gasteiger partial charge in [-0.1, -0.05) is 43.7 Å². The number of aromatic nitrogens is 3. The summed E-state index contributed by atoms with van der Waals surface area (Å²) in [6.07, 6.45) is 6.69. The predicted octanol–water partition coefficient (Wildman–Crippen LogP) is 4.94. The van der Waals surface area contributed by atoms with Crippen LogP contribution in [-0.4, -0.2) is 31.8 Å². The van der Waals surface area contributed by atoms with Gasteiger partial charge >= 0.3 is 0 Å². The number of hydrogen-bond acceptors (Lipinski definition) is 4. The fraction of sp³-hybridized carbons (Fsp3) is 0.429. The standard InChI is InChI=1S/C21H26N4OS/c1-2-18-11-6-7-13-23(18)16-25-21(27)24(15-17-9-4-3-5-10-17)20(22-25)19-12-8-14-26-19/h3-5,8-10,12,14,18H,2,6-7,11,13,15-16H2,1H3/t18-/m1/s1. The summed E-state index contributed by atoms with van der Waals surface area (Å²) < 4.78 is 10.4. The van der Waals surface area contributed by atoms with Crippen LogP contribution in [-0.2, 0) is 13.2 Å². The van der Waals surface area contributed by atoms with Crippen molar-refractivity contribution in [3.8, 4) is 11.6 Å². The molecule has 27 heavy (non-hydrogen) atoms. The lowest BCUT2D eigenvalue weighted by Crippen LogP contribution is -2.40. The zero-order valence-electron chi connectivity index (χ0n) is 15.8. The van der Waals surface area contributed by atoms with Gasteiger partial charge in [0.05, 0.1) is 19.5 Å². The molecule has 0 spiro atoms. The van der Waals surface area contributed by atoms with E-state index >= 15 is 0 Å². The average molecular weight is 383 g/mol. The Labute approximate surface area is 165 Å². The maximum absolute atomic E-state index is 5.82. The number of benzene rings is 1. The van der Waals surface area contributed by atoms with Crippen LogP contribution in [0.5, 0.6) is 0 Å². The Morgan fingerprint density at radius 2 is 2.00 bits per heavy atom. The lowest BCUT2D eigenvalue weighted by Gasteiger charge is -2.34. The first kappa shape index (κ1) is 18.2. The van der Waals surface area contributed by atoms with E-state index in [2.05, 4.69) is 40.7 Å². The van der Waals surface area contributed by atoms with Gasteiger partial charge in [0.2, 0.25) is 0 Å². The molecule has 3 heterocycles. The third-order valence-corrected chi connectivity index (χ3v) is 5.81. The van der Waals surface area contributed by atoms with Gasteiger partial charge in [0.1, 0.15) is 0 Å². The van der Waals surface area contributed by atoms with Crippen molar-refractivity contribution < 1.29 is 4.42 Å². The van der Waals surface area contributed by atoms with Gasteiger partial charge in [-0.25, -0.2) is 4.68 Å². The van der Waals surface area contributed by atoms with E-state index in [0.717, 1.165) is 29.6 Å². The number of rotatable bonds is 6. The molecule has 0 amide bonds. The number of hydrogen-bond donors (Lipinski definition) is 0. The van der Waals surface area contributed by atoms with Gasteiger partial charge in [-0.15, -0.1) is 5.10 Å². The summed E-state index contributed by atoms with van der Waals surface area (Å²) in [6, 6.07) is 14.8. The molecule has 0 saturated carbocycles. The van der Waals surface area contributed by atoms with E-state index in [1.54, 1.807) is 6.26 Å². The van der Waals surface area contributed by atoms with Gasteiger partial charge in [-0.2, -0.15) is 0 Å². The Morgan fingerprint density at radius 1 is 1.15 bits per heavy atom. The van der Waals surface area contributed by atoms with Crippen molar-refractivity contribution in [2.45, 2.75) is 51.9 Å². The molecule has 1 aliphatic rings. The minimum Gasteiger partial charge on any atom is -0.461 e. The molecular weight excluding hydrogens is 356 g/mol. The molecule has 0 unspecified atom stereocenters. The lowest BCUT2D eigenvalue weighted by atomic mass is 10.0. The Morgan fingerprint density at radius 3 is 2.74 bits per heavy atom. The van der Waals surface area contributed by atoms with Gasteiger partial charge in [-0.05, 0) is 49.2 Å². The summed E-state index contributed by atoms with van der Waals surface area (Å²) in [5.74, 6) is 1.54. The Hall–Kier alpha value is -2.18. The molecule has 0 radical (unpaired) electrons. The van der Waals surface area contributed by atoms with Gasteiger partial charge in [0.15, 0.2) is 16.4 Å². The number of nitrogens with zero attached hydrogens (tertiary/aromatic N) is 4. The van der Waals surface area contributed by atoms with Gasteiger partial charge in [0.25, 0.3) is 0 Å². The molecule has 6 heteroatoms. The lowest BCUT2D eigenvalue weighted by molar-refractivity contribution is 0.100. The van der Waals surface area contributed by atoms with Gasteiger partial charge in [-0.3, -0.25) is 9.47 Å². The largest absolute Gasteiger partial charge is 0.461 e. The van der Waals surface area contributed by atoms with Crippen molar-refractivity contribution in [3.63, 3.8) is 0 Å². The topological polar surface area (TPSA) is 39.1 Å². The fourth-order valence-corrected chi connectivity index (χ4v) is 4.16. The molecule has 3 aromatic rings. The van der Waals surface area contributed by atoms with Gasteiger partial charge in [0, 0.05) is 12.6 Å². The van der Waals surface area contributed by atoms with Crippen molar-refractivity contribution in [1.82, 2.24) is 19.2 Å². The monoisotopic (exact) mass is 382 g/mol. The molecule has 1 saturated heterocycles.